The zero-order chi connectivity index (χ0) is 30.4. The Hall–Kier alpha value is -3.83. The maximum atomic E-state index is 14.2. The number of halogens is 1. The van der Waals surface area contributed by atoms with Crippen molar-refractivity contribution < 1.29 is 28.5 Å². The molecule has 0 N–H and O–H groups in total. The van der Waals surface area contributed by atoms with Gasteiger partial charge in [-0.15, -0.1) is 0 Å². The molecular weight excluding hydrogens is 624 g/mol. The van der Waals surface area contributed by atoms with Crippen molar-refractivity contribution in [3.8, 4) is 23.0 Å². The average Bonchev–Trinajstić information content (AvgIpc) is 3.29. The van der Waals surface area contributed by atoms with Crippen LogP contribution in [0, 0.1) is 0 Å². The molecule has 0 spiro atoms. The van der Waals surface area contributed by atoms with Gasteiger partial charge < -0.3 is 23.7 Å². The largest absolute Gasteiger partial charge is 0.497 e. The molecule has 0 amide bonds. The van der Waals surface area contributed by atoms with E-state index in [1.807, 2.05) is 13.0 Å². The summed E-state index contributed by atoms with van der Waals surface area (Å²) in [4.78, 5) is 32.9. The van der Waals surface area contributed by atoms with E-state index in [9.17, 15) is 9.59 Å². The van der Waals surface area contributed by atoms with Crippen molar-refractivity contribution in [2.75, 3.05) is 34.5 Å². The molecule has 1 aliphatic heterocycles. The summed E-state index contributed by atoms with van der Waals surface area (Å²) >= 11 is 4.79. The van der Waals surface area contributed by atoms with E-state index in [2.05, 4.69) is 22.5 Å². The van der Waals surface area contributed by atoms with Crippen LogP contribution in [0.5, 0.6) is 23.0 Å². The summed E-state index contributed by atoms with van der Waals surface area (Å²) in [6.45, 7) is 7.93. The van der Waals surface area contributed by atoms with Gasteiger partial charge in [-0.2, -0.15) is 0 Å². The van der Waals surface area contributed by atoms with Crippen molar-refractivity contribution in [1.82, 2.24) is 4.57 Å². The summed E-state index contributed by atoms with van der Waals surface area (Å²) in [6.07, 6.45) is 4.68. The van der Waals surface area contributed by atoms with Gasteiger partial charge in [0, 0.05) is 5.56 Å². The van der Waals surface area contributed by atoms with Crippen molar-refractivity contribution in [3.05, 3.63) is 89.5 Å². The highest BCUT2D eigenvalue weighted by atomic mass is 79.9. The molecule has 3 aromatic rings. The highest BCUT2D eigenvalue weighted by Crippen LogP contribution is 2.39. The van der Waals surface area contributed by atoms with Crippen LogP contribution in [0.1, 0.15) is 43.9 Å². The van der Waals surface area contributed by atoms with E-state index in [4.69, 9.17) is 28.7 Å². The molecule has 1 aromatic heterocycles. The first kappa shape index (κ1) is 31.1. The fraction of sp³-hybridized carbons (Fsp3) is 0.323. The smallest absolute Gasteiger partial charge is 0.338 e. The monoisotopic (exact) mass is 656 g/mol. The molecule has 4 rings (SSSR count). The number of hydrogen-bond donors (Lipinski definition) is 0. The topological polar surface area (TPSA) is 97.6 Å². The van der Waals surface area contributed by atoms with E-state index in [1.165, 1.54) is 15.9 Å². The number of esters is 1. The Labute approximate surface area is 256 Å². The third-order valence-electron chi connectivity index (χ3n) is 6.52. The van der Waals surface area contributed by atoms with Crippen LogP contribution in [-0.2, 0) is 9.53 Å². The van der Waals surface area contributed by atoms with Crippen molar-refractivity contribution in [3.63, 3.8) is 0 Å². The van der Waals surface area contributed by atoms with Gasteiger partial charge in [-0.1, -0.05) is 37.3 Å². The fourth-order valence-electron chi connectivity index (χ4n) is 4.73. The van der Waals surface area contributed by atoms with E-state index in [0.717, 1.165) is 6.42 Å². The molecule has 9 nitrogen and oxygen atoms in total. The highest BCUT2D eigenvalue weighted by molar-refractivity contribution is 9.10. The number of benzene rings is 2. The highest BCUT2D eigenvalue weighted by Gasteiger charge is 2.36. The molecule has 222 valence electrons. The van der Waals surface area contributed by atoms with Crippen LogP contribution in [0.2, 0.25) is 0 Å². The number of methoxy groups -OCH3 is 3. The summed E-state index contributed by atoms with van der Waals surface area (Å²) < 4.78 is 30.6. The Morgan fingerprint density at radius 2 is 1.88 bits per heavy atom. The van der Waals surface area contributed by atoms with Gasteiger partial charge in [-0.3, -0.25) is 9.36 Å². The maximum absolute atomic E-state index is 14.2. The second kappa shape index (κ2) is 13.9. The first-order chi connectivity index (χ1) is 20.3. The van der Waals surface area contributed by atoms with Gasteiger partial charge in [0.25, 0.3) is 5.56 Å². The number of hydrogen-bond acceptors (Lipinski definition) is 9. The zero-order valence-corrected chi connectivity index (χ0v) is 26.6. The Morgan fingerprint density at radius 3 is 2.52 bits per heavy atom. The van der Waals surface area contributed by atoms with Crippen molar-refractivity contribution in [1.29, 1.82) is 0 Å². The number of carbonyl (C=O) groups is 1. The molecule has 0 saturated carbocycles. The molecule has 2 heterocycles. The lowest BCUT2D eigenvalue weighted by atomic mass is 9.93. The van der Waals surface area contributed by atoms with Crippen LogP contribution in [0.4, 0.5) is 0 Å². The number of ether oxygens (including phenoxy) is 5. The maximum Gasteiger partial charge on any atom is 0.338 e. The predicted octanol–water partition coefficient (Wildman–Crippen LogP) is 4.93. The molecule has 1 aliphatic rings. The van der Waals surface area contributed by atoms with Crippen LogP contribution in [0.25, 0.3) is 6.08 Å². The first-order valence-electron chi connectivity index (χ1n) is 13.4. The predicted molar refractivity (Wildman–Crippen MR) is 166 cm³/mol. The second-order valence-electron chi connectivity index (χ2n) is 9.16. The molecule has 42 heavy (non-hydrogen) atoms. The minimum absolute atomic E-state index is 0.178. The number of fused-ring (bicyclic) bond motifs is 1. The van der Waals surface area contributed by atoms with Crippen LogP contribution >= 0.6 is 27.3 Å². The number of thiazole rings is 1. The van der Waals surface area contributed by atoms with Gasteiger partial charge in [0.15, 0.2) is 16.3 Å². The lowest BCUT2D eigenvalue weighted by Crippen LogP contribution is -2.40. The molecule has 0 unspecified atom stereocenters. The fourth-order valence-corrected chi connectivity index (χ4v) is 6.32. The number of carbonyl (C=O) groups excluding carboxylic acids is 1. The van der Waals surface area contributed by atoms with E-state index < -0.39 is 12.0 Å². The SMILES string of the molecule is C=CCOc1c(Br)cc(/C=c2\sc3n(c2=O)[C@H](c2cc(OC)ccc2OC)C(C(=O)OCC)=C(CCC)N=3)cc1OC. The van der Waals surface area contributed by atoms with E-state index in [1.54, 1.807) is 64.7 Å². The zero-order valence-electron chi connectivity index (χ0n) is 24.2. The number of rotatable bonds is 12. The van der Waals surface area contributed by atoms with Gasteiger partial charge >= 0.3 is 5.97 Å². The summed E-state index contributed by atoms with van der Waals surface area (Å²) in [7, 11) is 4.65. The quantitative estimate of drug-likeness (QED) is 0.201. The molecule has 1 atom stereocenters. The van der Waals surface area contributed by atoms with Crippen molar-refractivity contribution >= 4 is 39.3 Å². The molecule has 0 radical (unpaired) electrons. The van der Waals surface area contributed by atoms with E-state index in [0.29, 0.717) is 72.2 Å². The number of aromatic nitrogens is 1. The van der Waals surface area contributed by atoms with Crippen molar-refractivity contribution in [2.24, 2.45) is 4.99 Å². The molecular formula is C31H33BrN2O7S. The van der Waals surface area contributed by atoms with Gasteiger partial charge in [-0.25, -0.2) is 9.79 Å². The summed E-state index contributed by atoms with van der Waals surface area (Å²) in [6, 6.07) is 8.08. The Morgan fingerprint density at radius 1 is 1.12 bits per heavy atom. The lowest BCUT2D eigenvalue weighted by molar-refractivity contribution is -0.139. The minimum Gasteiger partial charge on any atom is -0.497 e. The number of allylic oxidation sites excluding steroid dienone is 1. The molecule has 2 aromatic carbocycles. The normalized spacial score (nSPS) is 14.6. The average molecular weight is 658 g/mol. The summed E-state index contributed by atoms with van der Waals surface area (Å²) in [5.74, 6) is 1.56. The Balaban J connectivity index is 2.01. The van der Waals surface area contributed by atoms with Crippen LogP contribution < -0.4 is 33.8 Å². The first-order valence-corrected chi connectivity index (χ1v) is 15.0. The van der Waals surface area contributed by atoms with Crippen molar-refractivity contribution in [2.45, 2.75) is 32.7 Å². The summed E-state index contributed by atoms with van der Waals surface area (Å²) in [5, 5.41) is 0. The van der Waals surface area contributed by atoms with Gasteiger partial charge in [0.05, 0.1) is 48.2 Å². The van der Waals surface area contributed by atoms with E-state index >= 15 is 0 Å². The Kier molecular flexibility index (Phi) is 10.3. The molecule has 0 aliphatic carbocycles. The third-order valence-corrected chi connectivity index (χ3v) is 8.09. The van der Waals surface area contributed by atoms with Gasteiger partial charge in [0.2, 0.25) is 0 Å². The molecule has 0 fully saturated rings. The second-order valence-corrected chi connectivity index (χ2v) is 11.0. The molecule has 11 heteroatoms. The van der Waals surface area contributed by atoms with Gasteiger partial charge in [-0.05, 0) is 71.2 Å². The van der Waals surface area contributed by atoms with Crippen LogP contribution in [0.15, 0.2) is 68.5 Å². The molecule has 0 saturated heterocycles. The van der Waals surface area contributed by atoms with Gasteiger partial charge in [0.1, 0.15) is 24.1 Å². The lowest BCUT2D eigenvalue weighted by Gasteiger charge is -2.27. The summed E-state index contributed by atoms with van der Waals surface area (Å²) in [5.41, 5.74) is 1.87. The van der Waals surface area contributed by atoms with E-state index in [-0.39, 0.29) is 12.2 Å². The van der Waals surface area contributed by atoms with Crippen LogP contribution in [-0.4, -0.2) is 45.1 Å². The third kappa shape index (κ3) is 6.17. The van der Waals surface area contributed by atoms with Crippen LogP contribution in [0.3, 0.4) is 0 Å². The molecule has 0 bridgehead atoms. The minimum atomic E-state index is -0.843. The Bertz CT molecular complexity index is 1710. The number of nitrogens with zero attached hydrogens (tertiary/aromatic N) is 2. The standard InChI is InChI=1S/C31H33BrN2O7S/c1-7-10-22-26(30(36)40-9-3)27(20-17-19(37-4)11-12-23(20)38-5)34-29(35)25(42-31(34)33-22)16-18-14-21(32)28(41-13-8-2)24(15-18)39-6/h8,11-12,14-17,27H,2,7,9-10,13H2,1,3-6H3/b25-16-/t27-/m1/s1.